The normalized spacial score (nSPS) is 18.5. The van der Waals surface area contributed by atoms with Gasteiger partial charge in [0.25, 0.3) is 16.7 Å². The van der Waals surface area contributed by atoms with Crippen LogP contribution in [0.2, 0.25) is 0 Å². The zero-order valence-corrected chi connectivity index (χ0v) is 18.8. The van der Waals surface area contributed by atoms with Gasteiger partial charge in [-0.25, -0.2) is 0 Å². The number of aromatic nitrogens is 2. The molecule has 1 aliphatic heterocycles. The van der Waals surface area contributed by atoms with Crippen molar-refractivity contribution in [2.24, 2.45) is 0 Å². The van der Waals surface area contributed by atoms with Gasteiger partial charge in [-0.3, -0.25) is 28.3 Å². The van der Waals surface area contributed by atoms with Crippen LogP contribution < -0.4 is 22.1 Å². The van der Waals surface area contributed by atoms with Crippen molar-refractivity contribution in [3.63, 3.8) is 0 Å². The largest absolute Gasteiger partial charge is 0.507 e. The van der Waals surface area contributed by atoms with Gasteiger partial charge >= 0.3 is 0 Å². The minimum absolute atomic E-state index is 0.00721. The molecule has 2 saturated carbocycles. The summed E-state index contributed by atoms with van der Waals surface area (Å²) in [7, 11) is 0. The smallest absolute Gasteiger partial charge is 0.265 e. The van der Waals surface area contributed by atoms with E-state index >= 15 is 0 Å². The molecule has 34 heavy (non-hydrogen) atoms. The fourth-order valence-electron chi connectivity index (χ4n) is 6.41. The second-order valence-electron chi connectivity index (χ2n) is 9.93. The van der Waals surface area contributed by atoms with Crippen LogP contribution in [0.3, 0.4) is 0 Å². The van der Waals surface area contributed by atoms with Crippen LogP contribution in [-0.4, -0.2) is 19.3 Å². The molecule has 0 radical (unpaired) electrons. The van der Waals surface area contributed by atoms with E-state index in [9.17, 15) is 29.4 Å². The first-order valence-corrected chi connectivity index (χ1v) is 12.2. The van der Waals surface area contributed by atoms with E-state index in [1.807, 2.05) is 0 Å². The molecule has 2 aromatic rings. The van der Waals surface area contributed by atoms with Crippen molar-refractivity contribution < 1.29 is 10.2 Å². The number of rotatable bonds is 2. The lowest BCUT2D eigenvalue weighted by Gasteiger charge is -2.27. The topological polar surface area (TPSA) is 119 Å². The molecule has 2 fully saturated rings. The minimum Gasteiger partial charge on any atom is -0.507 e. The summed E-state index contributed by atoms with van der Waals surface area (Å²) in [6, 6.07) is 1.84. The maximum absolute atomic E-state index is 13.5. The van der Waals surface area contributed by atoms with Gasteiger partial charge in [0.1, 0.15) is 5.75 Å². The number of phenolic OH excluding ortho intramolecular Hbond substituents is 1. The lowest BCUT2D eigenvalue weighted by molar-refractivity contribution is 0.308. The van der Waals surface area contributed by atoms with Crippen molar-refractivity contribution in [3.05, 3.63) is 53.4 Å². The predicted molar refractivity (Wildman–Crippen MR) is 129 cm³/mol. The van der Waals surface area contributed by atoms with Crippen molar-refractivity contribution >= 4 is 21.5 Å². The van der Waals surface area contributed by atoms with Gasteiger partial charge < -0.3 is 10.2 Å². The number of hydrogen-bond donors (Lipinski definition) is 2. The highest BCUT2D eigenvalue weighted by atomic mass is 16.3. The molecule has 0 spiro atoms. The van der Waals surface area contributed by atoms with E-state index in [2.05, 4.69) is 0 Å². The van der Waals surface area contributed by atoms with Crippen molar-refractivity contribution in [2.75, 3.05) is 0 Å². The molecule has 2 heterocycles. The van der Waals surface area contributed by atoms with Gasteiger partial charge in [0.05, 0.1) is 21.7 Å². The maximum Gasteiger partial charge on any atom is 0.265 e. The quantitative estimate of drug-likeness (QED) is 0.441. The van der Waals surface area contributed by atoms with Crippen LogP contribution in [0.4, 0.5) is 0 Å². The molecular weight excluding hydrogens is 436 g/mol. The number of nitrogens with zero attached hydrogens (tertiary/aromatic N) is 2. The van der Waals surface area contributed by atoms with Crippen molar-refractivity contribution in [1.29, 1.82) is 0 Å². The molecule has 4 aliphatic rings. The average molecular weight is 463 g/mol. The summed E-state index contributed by atoms with van der Waals surface area (Å²) in [6.45, 7) is 0. The summed E-state index contributed by atoms with van der Waals surface area (Å²) in [5.74, 6) is -0.808. The number of hydrogen-bond acceptors (Lipinski definition) is 6. The maximum atomic E-state index is 13.5. The first-order valence-electron chi connectivity index (χ1n) is 12.2. The number of benzene rings is 2. The van der Waals surface area contributed by atoms with Gasteiger partial charge in [-0.05, 0) is 37.8 Å². The molecule has 8 heteroatoms. The monoisotopic (exact) mass is 462 g/mol. The summed E-state index contributed by atoms with van der Waals surface area (Å²) in [6.07, 6.45) is 8.49. The Morgan fingerprint density at radius 3 is 1.85 bits per heavy atom. The SMILES string of the molecule is O=c1cc2c(=O)n(C3CCCCC3)c(=O)c3c(O)cc4c(=O)n(C5CCCCC5)c(O)c1c4c3-2. The van der Waals surface area contributed by atoms with Crippen LogP contribution in [0.25, 0.3) is 32.7 Å². The van der Waals surface area contributed by atoms with E-state index in [-0.39, 0.29) is 50.5 Å². The Labute approximate surface area is 193 Å². The van der Waals surface area contributed by atoms with Crippen LogP contribution in [-0.2, 0) is 0 Å². The Morgan fingerprint density at radius 2 is 1.24 bits per heavy atom. The second-order valence-corrected chi connectivity index (χ2v) is 9.93. The second kappa shape index (κ2) is 7.55. The lowest BCUT2D eigenvalue weighted by Crippen LogP contribution is -2.39. The van der Waals surface area contributed by atoms with Gasteiger partial charge in [0.15, 0.2) is 5.43 Å². The fraction of sp³-hybridized carbons (Fsp3) is 0.462. The van der Waals surface area contributed by atoms with Gasteiger partial charge in [-0.2, -0.15) is 0 Å². The number of phenols is 1. The molecule has 176 valence electrons. The van der Waals surface area contributed by atoms with Crippen LogP contribution in [0.1, 0.15) is 76.3 Å². The third-order valence-electron chi connectivity index (χ3n) is 8.01. The molecule has 0 atom stereocenters. The fourth-order valence-corrected chi connectivity index (χ4v) is 6.41. The first kappa shape index (κ1) is 21.1. The summed E-state index contributed by atoms with van der Waals surface area (Å²) >= 11 is 0. The third kappa shape index (κ3) is 2.77. The number of pyridine rings is 2. The van der Waals surface area contributed by atoms with E-state index in [1.165, 1.54) is 15.2 Å². The Morgan fingerprint density at radius 1 is 0.647 bits per heavy atom. The molecule has 0 saturated heterocycles. The highest BCUT2D eigenvalue weighted by Crippen LogP contribution is 2.42. The molecule has 1 aromatic carbocycles. The van der Waals surface area contributed by atoms with E-state index in [0.717, 1.165) is 44.6 Å². The molecule has 2 N–H and O–H groups in total. The van der Waals surface area contributed by atoms with Gasteiger partial charge in [-0.15, -0.1) is 0 Å². The molecule has 8 nitrogen and oxygen atoms in total. The van der Waals surface area contributed by atoms with Crippen LogP contribution in [0.15, 0.2) is 31.3 Å². The zero-order chi connectivity index (χ0) is 23.7. The molecular formula is C26H26N2O6. The zero-order valence-electron chi connectivity index (χ0n) is 18.8. The molecule has 0 bridgehead atoms. The number of aromatic hydroxyl groups is 2. The van der Waals surface area contributed by atoms with Crippen LogP contribution in [0, 0.1) is 0 Å². The van der Waals surface area contributed by atoms with Crippen LogP contribution >= 0.6 is 0 Å². The van der Waals surface area contributed by atoms with E-state index in [1.54, 1.807) is 0 Å². The first-order chi connectivity index (χ1) is 16.4. The third-order valence-corrected chi connectivity index (χ3v) is 8.01. The highest BCUT2D eigenvalue weighted by Gasteiger charge is 2.32. The molecule has 6 rings (SSSR count). The lowest BCUT2D eigenvalue weighted by atomic mass is 9.88. The minimum atomic E-state index is -0.611. The summed E-state index contributed by atoms with van der Waals surface area (Å²) in [5, 5.41) is 22.1. The average Bonchev–Trinajstić information content (AvgIpc) is 2.83. The van der Waals surface area contributed by atoms with E-state index in [4.69, 9.17) is 0 Å². The predicted octanol–water partition coefficient (Wildman–Crippen LogP) is 3.44. The van der Waals surface area contributed by atoms with E-state index in [0.29, 0.717) is 25.7 Å². The Hall–Kier alpha value is -3.42. The standard InChI is InChI=1S/C26H26N2O6/c29-17-12-16-20-19-15(23(31)27(25(33)21(17)19)13-7-3-1-4-8-13)11-18(30)22(20)26(34)28(24(16)32)14-9-5-2-6-10-14/h11-14,29,34H,1-10H2. The Kier molecular flexibility index (Phi) is 4.69. The summed E-state index contributed by atoms with van der Waals surface area (Å²) in [4.78, 5) is 53.8. The highest BCUT2D eigenvalue weighted by molar-refractivity contribution is 6.17. The van der Waals surface area contributed by atoms with Gasteiger partial charge in [0.2, 0.25) is 5.88 Å². The Balaban J connectivity index is 1.78. The molecule has 1 aromatic heterocycles. The summed E-state index contributed by atoms with van der Waals surface area (Å²) < 4.78 is 2.44. The molecule has 3 aliphatic carbocycles. The van der Waals surface area contributed by atoms with Crippen molar-refractivity contribution in [2.45, 2.75) is 76.3 Å². The van der Waals surface area contributed by atoms with Crippen molar-refractivity contribution in [1.82, 2.24) is 9.13 Å². The molecule has 0 amide bonds. The van der Waals surface area contributed by atoms with Crippen LogP contribution in [0.5, 0.6) is 11.6 Å². The molecule has 0 unspecified atom stereocenters. The van der Waals surface area contributed by atoms with Crippen molar-refractivity contribution in [3.8, 4) is 22.8 Å². The van der Waals surface area contributed by atoms with Gasteiger partial charge in [-0.1, -0.05) is 38.5 Å². The Bertz CT molecular complexity index is 1620. The van der Waals surface area contributed by atoms with E-state index < -0.39 is 28.0 Å². The van der Waals surface area contributed by atoms with Gasteiger partial charge in [0, 0.05) is 23.0 Å². The summed E-state index contributed by atoms with van der Waals surface area (Å²) in [5.41, 5.74) is -2.18.